The molecular formula is C11H18N2O5. The molecule has 1 heterocycles. The first-order chi connectivity index (χ1) is 8.33. The molecule has 1 fully saturated rings. The van der Waals surface area contributed by atoms with Gasteiger partial charge in [-0.3, -0.25) is 9.59 Å². The van der Waals surface area contributed by atoms with Crippen LogP contribution in [0.3, 0.4) is 0 Å². The zero-order valence-corrected chi connectivity index (χ0v) is 10.8. The van der Waals surface area contributed by atoms with E-state index in [1.165, 1.54) is 16.7 Å². The number of nitrogens with zero attached hydrogens (tertiary/aromatic N) is 2. The van der Waals surface area contributed by atoms with Crippen LogP contribution in [-0.4, -0.2) is 71.6 Å². The Morgan fingerprint density at radius 2 is 1.83 bits per heavy atom. The maximum Gasteiger partial charge on any atom is 0.339 e. The fourth-order valence-corrected chi connectivity index (χ4v) is 1.82. The molecule has 102 valence electrons. The van der Waals surface area contributed by atoms with Gasteiger partial charge in [-0.1, -0.05) is 0 Å². The highest BCUT2D eigenvalue weighted by Crippen LogP contribution is 2.12. The van der Waals surface area contributed by atoms with Crippen molar-refractivity contribution in [3.63, 3.8) is 0 Å². The maximum atomic E-state index is 11.8. The van der Waals surface area contributed by atoms with Crippen molar-refractivity contribution >= 4 is 17.8 Å². The van der Waals surface area contributed by atoms with Crippen LogP contribution in [0.4, 0.5) is 0 Å². The lowest BCUT2D eigenvalue weighted by Crippen LogP contribution is -2.58. The van der Waals surface area contributed by atoms with Crippen molar-refractivity contribution in [2.45, 2.75) is 19.4 Å². The van der Waals surface area contributed by atoms with Crippen molar-refractivity contribution in [2.75, 3.05) is 33.3 Å². The van der Waals surface area contributed by atoms with E-state index in [0.29, 0.717) is 19.6 Å². The van der Waals surface area contributed by atoms with Crippen molar-refractivity contribution in [1.29, 1.82) is 0 Å². The maximum absolute atomic E-state index is 11.8. The zero-order chi connectivity index (χ0) is 13.9. The monoisotopic (exact) mass is 258 g/mol. The second kappa shape index (κ2) is 5.34. The molecule has 0 aromatic carbocycles. The number of amides is 2. The van der Waals surface area contributed by atoms with Crippen molar-refractivity contribution in [3.05, 3.63) is 0 Å². The fraction of sp³-hybridized carbons (Fsp3) is 0.727. The third-order valence-corrected chi connectivity index (χ3v) is 2.90. The van der Waals surface area contributed by atoms with E-state index in [2.05, 4.69) is 4.74 Å². The molecule has 0 saturated carbocycles. The average Bonchev–Trinajstić information content (AvgIpc) is 2.34. The number of ether oxygens (including phenoxy) is 1. The van der Waals surface area contributed by atoms with Crippen LogP contribution in [0, 0.1) is 0 Å². The van der Waals surface area contributed by atoms with Crippen molar-refractivity contribution < 1.29 is 24.2 Å². The first kappa shape index (κ1) is 14.4. The highest BCUT2D eigenvalue weighted by molar-refractivity contribution is 6.35. The van der Waals surface area contributed by atoms with Crippen LogP contribution in [0.1, 0.15) is 13.8 Å². The summed E-state index contributed by atoms with van der Waals surface area (Å²) in [6.45, 7) is 3.95. The Labute approximate surface area is 105 Å². The summed E-state index contributed by atoms with van der Waals surface area (Å²) in [4.78, 5) is 37.3. The number of β-amino-alcohol motifs (C(OH)–C–C–N with tert-alkyl or cyclic N) is 1. The average molecular weight is 258 g/mol. The zero-order valence-electron chi connectivity index (χ0n) is 10.8. The highest BCUT2D eigenvalue weighted by Gasteiger charge is 2.39. The van der Waals surface area contributed by atoms with Gasteiger partial charge in [0.15, 0.2) is 5.60 Å². The van der Waals surface area contributed by atoms with Crippen LogP contribution in [0.25, 0.3) is 0 Å². The quantitative estimate of drug-likeness (QED) is 0.495. The standard InChI is InChI=1S/C11H18N2O5/c1-4-12-5-6-13(9(15)8(12)14)7-11(2,17)10(16)18-3/h17H,4-7H2,1-3H3. The summed E-state index contributed by atoms with van der Waals surface area (Å²) in [6.07, 6.45) is 0. The second-order valence-corrected chi connectivity index (χ2v) is 4.38. The third-order valence-electron chi connectivity index (χ3n) is 2.90. The Kier molecular flexibility index (Phi) is 4.28. The lowest BCUT2D eigenvalue weighted by molar-refractivity contribution is -0.167. The number of hydrogen-bond acceptors (Lipinski definition) is 5. The number of methoxy groups -OCH3 is 1. The molecule has 7 heteroatoms. The molecule has 2 amide bonds. The summed E-state index contributed by atoms with van der Waals surface area (Å²) >= 11 is 0. The minimum absolute atomic E-state index is 0.248. The van der Waals surface area contributed by atoms with Crippen LogP contribution in [-0.2, 0) is 19.1 Å². The largest absolute Gasteiger partial charge is 0.467 e. The number of rotatable bonds is 4. The van der Waals surface area contributed by atoms with Crippen LogP contribution in [0.2, 0.25) is 0 Å². The highest BCUT2D eigenvalue weighted by atomic mass is 16.5. The van der Waals surface area contributed by atoms with E-state index in [-0.39, 0.29) is 6.54 Å². The number of hydrogen-bond donors (Lipinski definition) is 1. The molecule has 1 N–H and O–H groups in total. The summed E-state index contributed by atoms with van der Waals surface area (Å²) in [5, 5.41) is 9.87. The van der Waals surface area contributed by atoms with Gasteiger partial charge in [-0.05, 0) is 13.8 Å². The predicted molar refractivity (Wildman–Crippen MR) is 61.5 cm³/mol. The van der Waals surface area contributed by atoms with Gasteiger partial charge in [0.2, 0.25) is 0 Å². The van der Waals surface area contributed by atoms with Gasteiger partial charge in [-0.15, -0.1) is 0 Å². The molecule has 0 radical (unpaired) electrons. The molecule has 18 heavy (non-hydrogen) atoms. The summed E-state index contributed by atoms with van der Waals surface area (Å²) in [5.41, 5.74) is -1.81. The molecule has 1 rings (SSSR count). The molecule has 0 aromatic heterocycles. The summed E-state index contributed by atoms with van der Waals surface area (Å²) in [6, 6.07) is 0. The molecule has 7 nitrogen and oxygen atoms in total. The van der Waals surface area contributed by atoms with Gasteiger partial charge >= 0.3 is 17.8 Å². The molecular weight excluding hydrogens is 240 g/mol. The SMILES string of the molecule is CCN1CCN(CC(C)(O)C(=O)OC)C(=O)C1=O. The Morgan fingerprint density at radius 3 is 2.33 bits per heavy atom. The molecule has 1 unspecified atom stereocenters. The smallest absolute Gasteiger partial charge is 0.339 e. The third kappa shape index (κ3) is 2.79. The Hall–Kier alpha value is -1.63. The van der Waals surface area contributed by atoms with Crippen molar-refractivity contribution in [3.8, 4) is 0 Å². The van der Waals surface area contributed by atoms with Gasteiger partial charge in [-0.25, -0.2) is 4.79 Å². The van der Waals surface area contributed by atoms with Gasteiger partial charge in [-0.2, -0.15) is 0 Å². The van der Waals surface area contributed by atoms with E-state index < -0.39 is 23.4 Å². The van der Waals surface area contributed by atoms with E-state index in [1.807, 2.05) is 0 Å². The lowest BCUT2D eigenvalue weighted by Gasteiger charge is -2.36. The topological polar surface area (TPSA) is 87.2 Å². The summed E-state index contributed by atoms with van der Waals surface area (Å²) < 4.78 is 4.44. The number of piperazine rings is 1. The Bertz CT molecular complexity index is 366. The van der Waals surface area contributed by atoms with Gasteiger partial charge in [0.05, 0.1) is 13.7 Å². The fourth-order valence-electron chi connectivity index (χ4n) is 1.82. The van der Waals surface area contributed by atoms with E-state index in [0.717, 1.165) is 7.11 Å². The molecule has 1 saturated heterocycles. The number of esters is 1. The lowest BCUT2D eigenvalue weighted by atomic mass is 10.1. The number of aliphatic hydroxyl groups is 1. The van der Waals surface area contributed by atoms with Crippen LogP contribution in [0.5, 0.6) is 0 Å². The Balaban J connectivity index is 2.73. The summed E-state index contributed by atoms with van der Waals surface area (Å²) in [5.74, 6) is -2.14. The first-order valence-corrected chi connectivity index (χ1v) is 5.72. The molecule has 1 aliphatic heterocycles. The molecule has 1 aliphatic rings. The molecule has 0 aromatic rings. The molecule has 0 spiro atoms. The van der Waals surface area contributed by atoms with E-state index >= 15 is 0 Å². The normalized spacial score (nSPS) is 19.8. The van der Waals surface area contributed by atoms with Crippen LogP contribution in [0.15, 0.2) is 0 Å². The van der Waals surface area contributed by atoms with Crippen LogP contribution >= 0.6 is 0 Å². The van der Waals surface area contributed by atoms with Gasteiger partial charge in [0.25, 0.3) is 0 Å². The van der Waals surface area contributed by atoms with E-state index in [4.69, 9.17) is 0 Å². The van der Waals surface area contributed by atoms with Gasteiger partial charge < -0.3 is 19.6 Å². The number of carbonyl (C=O) groups is 3. The molecule has 0 bridgehead atoms. The second-order valence-electron chi connectivity index (χ2n) is 4.38. The number of likely N-dealkylation sites (N-methyl/N-ethyl adjacent to an activating group) is 1. The summed E-state index contributed by atoms with van der Waals surface area (Å²) in [7, 11) is 1.15. The van der Waals surface area contributed by atoms with Gasteiger partial charge in [0, 0.05) is 19.6 Å². The van der Waals surface area contributed by atoms with Gasteiger partial charge in [0.1, 0.15) is 0 Å². The Morgan fingerprint density at radius 1 is 1.33 bits per heavy atom. The van der Waals surface area contributed by atoms with Crippen molar-refractivity contribution in [2.24, 2.45) is 0 Å². The van der Waals surface area contributed by atoms with E-state index in [9.17, 15) is 19.5 Å². The first-order valence-electron chi connectivity index (χ1n) is 5.72. The molecule has 1 atom stereocenters. The van der Waals surface area contributed by atoms with Crippen molar-refractivity contribution in [1.82, 2.24) is 9.80 Å². The number of carbonyl (C=O) groups excluding carboxylic acids is 3. The minimum Gasteiger partial charge on any atom is -0.467 e. The van der Waals surface area contributed by atoms with Crippen LogP contribution < -0.4 is 0 Å². The minimum atomic E-state index is -1.81. The molecule has 0 aliphatic carbocycles. The predicted octanol–water partition coefficient (Wildman–Crippen LogP) is -1.40. The van der Waals surface area contributed by atoms with E-state index in [1.54, 1.807) is 6.92 Å².